The molecule has 1 N–H and O–H groups in total. The van der Waals surface area contributed by atoms with E-state index in [0.29, 0.717) is 19.0 Å². The number of hydrogen-bond donors (Lipinski definition) is 1. The highest BCUT2D eigenvalue weighted by Gasteiger charge is 2.22. The summed E-state index contributed by atoms with van der Waals surface area (Å²) in [6.45, 7) is 5.97. The summed E-state index contributed by atoms with van der Waals surface area (Å²) in [4.78, 5) is 17.4. The van der Waals surface area contributed by atoms with Crippen molar-refractivity contribution in [2.75, 3.05) is 43.6 Å². The summed E-state index contributed by atoms with van der Waals surface area (Å²) in [7, 11) is 2.00. The molecule has 6 heteroatoms. The molecule has 0 saturated carbocycles. The van der Waals surface area contributed by atoms with Gasteiger partial charge in [0.2, 0.25) is 5.91 Å². The van der Waals surface area contributed by atoms with Crippen LogP contribution in [0.15, 0.2) is 42.5 Å². The maximum atomic E-state index is 12.9. The fourth-order valence-electron chi connectivity index (χ4n) is 4.06. The first kappa shape index (κ1) is 20.5. The van der Waals surface area contributed by atoms with Gasteiger partial charge in [-0.05, 0) is 57.0 Å². The van der Waals surface area contributed by atoms with Gasteiger partial charge in [-0.3, -0.25) is 9.69 Å². The highest BCUT2D eigenvalue weighted by molar-refractivity contribution is 5.94. The molecule has 6 nitrogen and oxygen atoms in total. The Kier molecular flexibility index (Phi) is 6.43. The van der Waals surface area contributed by atoms with Crippen LogP contribution in [0.25, 0.3) is 0 Å². The lowest BCUT2D eigenvalue weighted by Gasteiger charge is -2.32. The molecule has 0 bridgehead atoms. The van der Waals surface area contributed by atoms with E-state index in [-0.39, 0.29) is 11.9 Å². The molecule has 1 unspecified atom stereocenters. The number of hydrogen-bond acceptors (Lipinski definition) is 5. The molecule has 0 radical (unpaired) electrons. The Morgan fingerprint density at radius 1 is 1.07 bits per heavy atom. The number of anilines is 2. The average Bonchev–Trinajstić information content (AvgIpc) is 2.79. The molecule has 1 amide bonds. The van der Waals surface area contributed by atoms with Crippen LogP contribution in [0, 0.1) is 0 Å². The number of benzene rings is 2. The zero-order valence-corrected chi connectivity index (χ0v) is 17.9. The summed E-state index contributed by atoms with van der Waals surface area (Å²) < 4.78 is 11.2. The van der Waals surface area contributed by atoms with Gasteiger partial charge in [-0.25, -0.2) is 0 Å². The van der Waals surface area contributed by atoms with E-state index in [1.54, 1.807) is 0 Å². The summed E-state index contributed by atoms with van der Waals surface area (Å²) in [5, 5.41) is 3.01. The number of carbonyl (C=O) groups is 1. The monoisotopic (exact) mass is 409 g/mol. The van der Waals surface area contributed by atoms with Gasteiger partial charge >= 0.3 is 0 Å². The van der Waals surface area contributed by atoms with E-state index >= 15 is 0 Å². The van der Waals surface area contributed by atoms with Gasteiger partial charge in [0.25, 0.3) is 0 Å². The lowest BCUT2D eigenvalue weighted by Crippen LogP contribution is -2.39. The van der Waals surface area contributed by atoms with E-state index in [0.717, 1.165) is 31.1 Å². The first-order valence-corrected chi connectivity index (χ1v) is 10.9. The molecule has 2 aliphatic heterocycles. The van der Waals surface area contributed by atoms with Crippen molar-refractivity contribution in [1.82, 2.24) is 4.90 Å². The van der Waals surface area contributed by atoms with Crippen molar-refractivity contribution >= 4 is 17.3 Å². The first-order valence-electron chi connectivity index (χ1n) is 10.9. The van der Waals surface area contributed by atoms with E-state index in [9.17, 15) is 4.79 Å². The molecule has 2 heterocycles. The largest absolute Gasteiger partial charge is 0.486 e. The van der Waals surface area contributed by atoms with Crippen molar-refractivity contribution in [3.63, 3.8) is 0 Å². The molecule has 4 rings (SSSR count). The zero-order chi connectivity index (χ0) is 20.9. The molecule has 0 spiro atoms. The van der Waals surface area contributed by atoms with E-state index < -0.39 is 0 Å². The summed E-state index contributed by atoms with van der Waals surface area (Å²) in [5.41, 5.74) is 3.28. The zero-order valence-electron chi connectivity index (χ0n) is 17.9. The molecule has 2 aromatic carbocycles. The van der Waals surface area contributed by atoms with Crippen molar-refractivity contribution in [3.8, 4) is 11.5 Å². The van der Waals surface area contributed by atoms with Gasteiger partial charge in [0.05, 0.1) is 6.04 Å². The number of nitrogens with one attached hydrogen (secondary N) is 1. The van der Waals surface area contributed by atoms with Crippen LogP contribution in [0.1, 0.15) is 31.7 Å². The Morgan fingerprint density at radius 3 is 2.60 bits per heavy atom. The van der Waals surface area contributed by atoms with Gasteiger partial charge in [-0.15, -0.1) is 0 Å². The molecule has 160 valence electrons. The molecule has 30 heavy (non-hydrogen) atoms. The van der Waals surface area contributed by atoms with E-state index in [1.807, 2.05) is 32.2 Å². The van der Waals surface area contributed by atoms with Crippen molar-refractivity contribution in [3.05, 3.63) is 48.0 Å². The number of piperidine rings is 1. The standard InChI is InChI=1S/C24H31N3O3/c1-18(24(28)25-20-10-11-22-23(16-20)30-15-14-29-22)26(2)17-19-8-4-5-9-21(19)27-12-6-3-7-13-27/h4-5,8-11,16,18H,3,6-7,12-15,17H2,1-2H3,(H,25,28). The molecular weight excluding hydrogens is 378 g/mol. The molecule has 1 saturated heterocycles. The van der Waals surface area contributed by atoms with Crippen molar-refractivity contribution in [1.29, 1.82) is 0 Å². The minimum absolute atomic E-state index is 0.0374. The lowest BCUT2D eigenvalue weighted by molar-refractivity contribution is -0.120. The maximum absolute atomic E-state index is 12.9. The van der Waals surface area contributed by atoms with Crippen molar-refractivity contribution in [2.45, 2.75) is 38.8 Å². The Bertz CT molecular complexity index is 880. The Labute approximate surface area is 178 Å². The van der Waals surface area contributed by atoms with Crippen LogP contribution < -0.4 is 19.7 Å². The van der Waals surface area contributed by atoms with Crippen LogP contribution in [0.5, 0.6) is 11.5 Å². The molecule has 1 fully saturated rings. The number of fused-ring (bicyclic) bond motifs is 1. The Morgan fingerprint density at radius 2 is 1.80 bits per heavy atom. The molecule has 2 aromatic rings. The van der Waals surface area contributed by atoms with Crippen molar-refractivity contribution in [2.24, 2.45) is 0 Å². The van der Waals surface area contributed by atoms with E-state index in [4.69, 9.17) is 9.47 Å². The highest BCUT2D eigenvalue weighted by atomic mass is 16.6. The minimum atomic E-state index is -0.271. The van der Waals surface area contributed by atoms with Gasteiger partial charge in [-0.2, -0.15) is 0 Å². The highest BCUT2D eigenvalue weighted by Crippen LogP contribution is 2.32. The third-order valence-electron chi connectivity index (χ3n) is 5.96. The fraction of sp³-hybridized carbons (Fsp3) is 0.458. The summed E-state index contributed by atoms with van der Waals surface area (Å²) >= 11 is 0. The number of para-hydroxylation sites is 1. The predicted molar refractivity (Wildman–Crippen MR) is 119 cm³/mol. The average molecular weight is 410 g/mol. The van der Waals surface area contributed by atoms with Crippen LogP contribution in [0.4, 0.5) is 11.4 Å². The van der Waals surface area contributed by atoms with Crippen LogP contribution in [0.3, 0.4) is 0 Å². The molecule has 0 aliphatic carbocycles. The third-order valence-corrected chi connectivity index (χ3v) is 5.96. The van der Waals surface area contributed by atoms with Gasteiger partial charge in [0.1, 0.15) is 13.2 Å². The summed E-state index contributed by atoms with van der Waals surface area (Å²) in [6.07, 6.45) is 3.81. The SMILES string of the molecule is CC(C(=O)Nc1ccc2c(c1)OCCO2)N(C)Cc1ccccc1N1CCCCC1. The van der Waals surface area contributed by atoms with Gasteiger partial charge in [0.15, 0.2) is 11.5 Å². The Balaban J connectivity index is 1.40. The van der Waals surface area contributed by atoms with Crippen molar-refractivity contribution < 1.29 is 14.3 Å². The second-order valence-corrected chi connectivity index (χ2v) is 8.12. The second-order valence-electron chi connectivity index (χ2n) is 8.12. The van der Waals surface area contributed by atoms with Gasteiger partial charge < -0.3 is 19.7 Å². The van der Waals surface area contributed by atoms with Crippen LogP contribution in [0.2, 0.25) is 0 Å². The smallest absolute Gasteiger partial charge is 0.241 e. The first-order chi connectivity index (χ1) is 14.6. The lowest BCUT2D eigenvalue weighted by atomic mass is 10.1. The Hall–Kier alpha value is -2.73. The maximum Gasteiger partial charge on any atom is 0.241 e. The number of likely N-dealkylation sites (N-methyl/N-ethyl adjacent to an activating group) is 1. The van der Waals surface area contributed by atoms with Gasteiger partial charge in [0, 0.05) is 37.1 Å². The normalized spacial score (nSPS) is 17.0. The third kappa shape index (κ3) is 4.70. The number of ether oxygens (including phenoxy) is 2. The minimum Gasteiger partial charge on any atom is -0.486 e. The van der Waals surface area contributed by atoms with Crippen LogP contribution >= 0.6 is 0 Å². The number of amides is 1. The van der Waals surface area contributed by atoms with Crippen LogP contribution in [-0.4, -0.2) is 50.2 Å². The second kappa shape index (κ2) is 9.39. The quantitative estimate of drug-likeness (QED) is 0.784. The molecule has 1 atom stereocenters. The summed E-state index contributed by atoms with van der Waals surface area (Å²) in [5.74, 6) is 1.36. The fourth-order valence-corrected chi connectivity index (χ4v) is 4.06. The van der Waals surface area contributed by atoms with E-state index in [2.05, 4.69) is 39.4 Å². The predicted octanol–water partition coefficient (Wildman–Crippen LogP) is 3.91. The molecule has 2 aliphatic rings. The van der Waals surface area contributed by atoms with Crippen LogP contribution in [-0.2, 0) is 11.3 Å². The number of carbonyl (C=O) groups excluding carboxylic acids is 1. The number of nitrogens with zero attached hydrogens (tertiary/aromatic N) is 2. The molecule has 0 aromatic heterocycles. The number of rotatable bonds is 6. The van der Waals surface area contributed by atoms with Gasteiger partial charge in [-0.1, -0.05) is 18.2 Å². The molecular formula is C24H31N3O3. The summed E-state index contributed by atoms with van der Waals surface area (Å²) in [6, 6.07) is 13.8. The van der Waals surface area contributed by atoms with E-state index in [1.165, 1.54) is 30.5 Å². The topological polar surface area (TPSA) is 54.0 Å².